The van der Waals surface area contributed by atoms with Crippen LogP contribution in [-0.2, 0) is 4.74 Å². The maximum absolute atomic E-state index is 11.8. The number of aromatic nitrogens is 1. The van der Waals surface area contributed by atoms with E-state index in [0.29, 0.717) is 18.0 Å². The van der Waals surface area contributed by atoms with Gasteiger partial charge < -0.3 is 20.7 Å². The van der Waals surface area contributed by atoms with Gasteiger partial charge in [-0.1, -0.05) is 11.3 Å². The molecular formula is C10H18N4O2S. The van der Waals surface area contributed by atoms with Gasteiger partial charge in [0.2, 0.25) is 0 Å². The molecule has 0 radical (unpaired) electrons. The molecule has 1 aromatic heterocycles. The van der Waals surface area contributed by atoms with Gasteiger partial charge in [0.05, 0.1) is 6.61 Å². The molecule has 0 aliphatic carbocycles. The molecule has 1 amide bonds. The molecule has 6 nitrogen and oxygen atoms in total. The molecule has 0 fully saturated rings. The van der Waals surface area contributed by atoms with Gasteiger partial charge in [-0.25, -0.2) is 4.98 Å². The van der Waals surface area contributed by atoms with E-state index in [0.717, 1.165) is 11.7 Å². The largest absolute Gasteiger partial charge is 0.383 e. The zero-order valence-electron chi connectivity index (χ0n) is 10.3. The summed E-state index contributed by atoms with van der Waals surface area (Å²) < 4.78 is 4.85. The molecule has 0 unspecified atom stereocenters. The molecule has 0 atom stereocenters. The Morgan fingerprint density at radius 3 is 2.94 bits per heavy atom. The van der Waals surface area contributed by atoms with E-state index >= 15 is 0 Å². The number of amides is 1. The molecule has 0 spiro atoms. The maximum Gasteiger partial charge on any atom is 0.265 e. The molecule has 0 saturated heterocycles. The van der Waals surface area contributed by atoms with Crippen LogP contribution < -0.4 is 16.0 Å². The lowest BCUT2D eigenvalue weighted by Gasteiger charge is -2.10. The Balaban J connectivity index is 2.70. The highest BCUT2D eigenvalue weighted by atomic mass is 32.1. The molecule has 17 heavy (non-hydrogen) atoms. The molecule has 1 aromatic rings. The normalized spacial score (nSPS) is 10.3. The van der Waals surface area contributed by atoms with Crippen molar-refractivity contribution < 1.29 is 9.53 Å². The molecule has 1 heterocycles. The summed E-state index contributed by atoms with van der Waals surface area (Å²) in [6.45, 7) is 3.77. The van der Waals surface area contributed by atoms with Gasteiger partial charge in [-0.3, -0.25) is 4.79 Å². The van der Waals surface area contributed by atoms with Crippen molar-refractivity contribution in [2.75, 3.05) is 44.5 Å². The van der Waals surface area contributed by atoms with Gasteiger partial charge in [-0.15, -0.1) is 0 Å². The molecule has 0 bridgehead atoms. The van der Waals surface area contributed by atoms with Crippen LogP contribution in [-0.4, -0.2) is 44.7 Å². The number of carbonyl (C=O) groups is 1. The van der Waals surface area contributed by atoms with Gasteiger partial charge in [0.15, 0.2) is 5.13 Å². The highest BCUT2D eigenvalue weighted by molar-refractivity contribution is 7.18. The molecule has 0 saturated carbocycles. The van der Waals surface area contributed by atoms with Gasteiger partial charge in [-0.05, 0) is 6.92 Å². The Morgan fingerprint density at radius 1 is 1.65 bits per heavy atom. The highest BCUT2D eigenvalue weighted by Gasteiger charge is 2.17. The smallest absolute Gasteiger partial charge is 0.265 e. The molecule has 7 heteroatoms. The number of ether oxygens (including phenoxy) is 1. The maximum atomic E-state index is 11.8. The third-order valence-corrected chi connectivity index (χ3v) is 3.43. The van der Waals surface area contributed by atoms with Crippen molar-refractivity contribution in [3.05, 3.63) is 4.88 Å². The summed E-state index contributed by atoms with van der Waals surface area (Å²) >= 11 is 1.30. The van der Waals surface area contributed by atoms with E-state index in [1.54, 1.807) is 7.11 Å². The Labute approximate surface area is 105 Å². The molecular weight excluding hydrogens is 240 g/mol. The van der Waals surface area contributed by atoms with E-state index in [-0.39, 0.29) is 11.7 Å². The fraction of sp³-hybridized carbons (Fsp3) is 0.600. The first-order valence-electron chi connectivity index (χ1n) is 5.34. The van der Waals surface area contributed by atoms with Crippen molar-refractivity contribution in [3.8, 4) is 0 Å². The first-order valence-corrected chi connectivity index (χ1v) is 6.16. The van der Waals surface area contributed by atoms with E-state index in [2.05, 4.69) is 10.3 Å². The van der Waals surface area contributed by atoms with Gasteiger partial charge in [0.25, 0.3) is 5.91 Å². The van der Waals surface area contributed by atoms with E-state index < -0.39 is 0 Å². The number of nitrogen functional groups attached to an aromatic ring is 1. The number of thiazole rings is 1. The van der Waals surface area contributed by atoms with Crippen LogP contribution >= 0.6 is 11.3 Å². The minimum atomic E-state index is -0.201. The highest BCUT2D eigenvalue weighted by Crippen LogP contribution is 2.26. The number of methoxy groups -OCH3 is 1. The number of anilines is 2. The number of nitrogens with one attached hydrogen (secondary N) is 1. The molecule has 3 N–H and O–H groups in total. The number of hydrogen-bond acceptors (Lipinski definition) is 6. The summed E-state index contributed by atoms with van der Waals surface area (Å²) in [5, 5.41) is 3.47. The SMILES string of the molecule is CCN(C)c1nc(N)c(C(=O)NCCOC)s1. The van der Waals surface area contributed by atoms with E-state index in [1.165, 1.54) is 11.3 Å². The number of carbonyl (C=O) groups excluding carboxylic acids is 1. The van der Waals surface area contributed by atoms with Crippen molar-refractivity contribution in [3.63, 3.8) is 0 Å². The summed E-state index contributed by atoms with van der Waals surface area (Å²) in [4.78, 5) is 18.3. The average Bonchev–Trinajstić information content (AvgIpc) is 2.70. The zero-order chi connectivity index (χ0) is 12.8. The number of hydrogen-bond donors (Lipinski definition) is 2. The number of nitrogens with two attached hydrogens (primary N) is 1. The van der Waals surface area contributed by atoms with Gasteiger partial charge in [-0.2, -0.15) is 0 Å². The van der Waals surface area contributed by atoms with Crippen LogP contribution in [0.1, 0.15) is 16.6 Å². The lowest BCUT2D eigenvalue weighted by molar-refractivity contribution is 0.0942. The van der Waals surface area contributed by atoms with Crippen molar-refractivity contribution in [1.82, 2.24) is 10.3 Å². The van der Waals surface area contributed by atoms with Crippen molar-refractivity contribution >= 4 is 28.2 Å². The van der Waals surface area contributed by atoms with Crippen LogP contribution in [0, 0.1) is 0 Å². The Kier molecular flexibility index (Phi) is 5.17. The predicted octanol–water partition coefficient (Wildman–Crippen LogP) is 0.558. The molecule has 0 aromatic carbocycles. The summed E-state index contributed by atoms with van der Waals surface area (Å²) in [6, 6.07) is 0. The Morgan fingerprint density at radius 2 is 2.35 bits per heavy atom. The molecule has 0 aliphatic heterocycles. The Hall–Kier alpha value is -1.34. The predicted molar refractivity (Wildman–Crippen MR) is 69.7 cm³/mol. The van der Waals surface area contributed by atoms with Gasteiger partial charge in [0, 0.05) is 27.2 Å². The minimum Gasteiger partial charge on any atom is -0.383 e. The van der Waals surface area contributed by atoms with Crippen LogP contribution in [0.2, 0.25) is 0 Å². The average molecular weight is 258 g/mol. The number of nitrogens with zero attached hydrogens (tertiary/aromatic N) is 2. The Bertz CT molecular complexity index is 380. The standard InChI is InChI=1S/C10H18N4O2S/c1-4-14(2)10-13-8(11)7(17-10)9(15)12-5-6-16-3/h4-6,11H2,1-3H3,(H,12,15). The van der Waals surface area contributed by atoms with Crippen LogP contribution in [0.3, 0.4) is 0 Å². The minimum absolute atomic E-state index is 0.201. The zero-order valence-corrected chi connectivity index (χ0v) is 11.1. The lowest BCUT2D eigenvalue weighted by Crippen LogP contribution is -2.26. The summed E-state index contributed by atoms with van der Waals surface area (Å²) in [5.74, 6) is 0.0769. The van der Waals surface area contributed by atoms with Crippen molar-refractivity contribution in [2.45, 2.75) is 6.92 Å². The fourth-order valence-electron chi connectivity index (χ4n) is 1.13. The van der Waals surface area contributed by atoms with E-state index in [1.807, 2.05) is 18.9 Å². The molecule has 0 aliphatic rings. The van der Waals surface area contributed by atoms with Crippen LogP contribution in [0.5, 0.6) is 0 Å². The van der Waals surface area contributed by atoms with Gasteiger partial charge >= 0.3 is 0 Å². The third kappa shape index (κ3) is 3.57. The van der Waals surface area contributed by atoms with Crippen molar-refractivity contribution in [2.24, 2.45) is 0 Å². The number of rotatable bonds is 6. The third-order valence-electron chi connectivity index (χ3n) is 2.24. The second-order valence-electron chi connectivity index (χ2n) is 3.47. The first-order chi connectivity index (χ1) is 8.10. The lowest BCUT2D eigenvalue weighted by atomic mass is 10.4. The van der Waals surface area contributed by atoms with Crippen molar-refractivity contribution in [1.29, 1.82) is 0 Å². The van der Waals surface area contributed by atoms with Crippen LogP contribution in [0.25, 0.3) is 0 Å². The second kappa shape index (κ2) is 6.41. The monoisotopic (exact) mass is 258 g/mol. The topological polar surface area (TPSA) is 80.5 Å². The van der Waals surface area contributed by atoms with Crippen LogP contribution in [0.4, 0.5) is 10.9 Å². The van der Waals surface area contributed by atoms with Gasteiger partial charge in [0.1, 0.15) is 10.7 Å². The first kappa shape index (κ1) is 13.7. The summed E-state index contributed by atoms with van der Waals surface area (Å²) in [5.41, 5.74) is 5.72. The summed E-state index contributed by atoms with van der Waals surface area (Å²) in [6.07, 6.45) is 0. The van der Waals surface area contributed by atoms with E-state index in [4.69, 9.17) is 10.5 Å². The molecule has 96 valence electrons. The van der Waals surface area contributed by atoms with Crippen LogP contribution in [0.15, 0.2) is 0 Å². The summed E-state index contributed by atoms with van der Waals surface area (Å²) in [7, 11) is 3.49. The van der Waals surface area contributed by atoms with E-state index in [9.17, 15) is 4.79 Å². The molecule has 1 rings (SSSR count). The fourth-order valence-corrected chi connectivity index (χ4v) is 2.05. The second-order valence-corrected chi connectivity index (χ2v) is 4.45. The quantitative estimate of drug-likeness (QED) is 0.729.